The number of ether oxygens (including phenoxy) is 1. The minimum Gasteiger partial charge on any atom is -0.493 e. The first-order chi connectivity index (χ1) is 8.36. The highest BCUT2D eigenvalue weighted by molar-refractivity contribution is 8.13. The molecule has 0 heterocycles. The lowest BCUT2D eigenvalue weighted by molar-refractivity contribution is 0.286. The number of halogens is 2. The van der Waals surface area contributed by atoms with Crippen LogP contribution in [0.5, 0.6) is 5.75 Å². The minimum atomic E-state index is -3.74. The van der Waals surface area contributed by atoms with E-state index >= 15 is 0 Å². The van der Waals surface area contributed by atoms with E-state index in [1.807, 2.05) is 13.8 Å². The van der Waals surface area contributed by atoms with Gasteiger partial charge in [0.1, 0.15) is 5.75 Å². The predicted molar refractivity (Wildman–Crippen MR) is 69.7 cm³/mol. The van der Waals surface area contributed by atoms with E-state index in [4.69, 9.17) is 15.4 Å². The van der Waals surface area contributed by atoms with Gasteiger partial charge in [0.2, 0.25) is 0 Å². The van der Waals surface area contributed by atoms with E-state index in [2.05, 4.69) is 0 Å². The van der Waals surface area contributed by atoms with Gasteiger partial charge < -0.3 is 4.74 Å². The van der Waals surface area contributed by atoms with Crippen LogP contribution < -0.4 is 4.74 Å². The van der Waals surface area contributed by atoms with E-state index in [9.17, 15) is 12.8 Å². The molecule has 0 fully saturated rings. The van der Waals surface area contributed by atoms with Crippen molar-refractivity contribution in [2.24, 2.45) is 0 Å². The van der Waals surface area contributed by atoms with Gasteiger partial charge in [-0.3, -0.25) is 4.39 Å². The molecule has 0 saturated heterocycles. The van der Waals surface area contributed by atoms with Crippen molar-refractivity contribution in [3.05, 3.63) is 23.8 Å². The molecule has 0 atom stereocenters. The third-order valence-corrected chi connectivity index (χ3v) is 3.77. The second-order valence-corrected chi connectivity index (χ2v) is 6.75. The monoisotopic (exact) mass is 294 g/mol. The Balaban J connectivity index is 3.05. The Kier molecular flexibility index (Phi) is 5.41. The summed E-state index contributed by atoms with van der Waals surface area (Å²) in [5, 5.41) is 0. The summed E-state index contributed by atoms with van der Waals surface area (Å²) in [5.41, 5.74) is 0.746. The molecule has 0 N–H and O–H groups in total. The van der Waals surface area contributed by atoms with Crippen molar-refractivity contribution in [1.29, 1.82) is 0 Å². The summed E-state index contributed by atoms with van der Waals surface area (Å²) in [6.45, 7) is 3.66. The normalized spacial score (nSPS) is 11.8. The van der Waals surface area contributed by atoms with Crippen LogP contribution in [-0.4, -0.2) is 21.7 Å². The summed E-state index contributed by atoms with van der Waals surface area (Å²) in [4.78, 5) is 0.0470. The van der Waals surface area contributed by atoms with E-state index in [-0.39, 0.29) is 17.4 Å². The lowest BCUT2D eigenvalue weighted by Crippen LogP contribution is -2.03. The first-order valence-electron chi connectivity index (χ1n) is 5.63. The van der Waals surface area contributed by atoms with Crippen molar-refractivity contribution in [3.8, 4) is 5.75 Å². The Labute approximate surface area is 111 Å². The molecule has 0 amide bonds. The largest absolute Gasteiger partial charge is 0.493 e. The quantitative estimate of drug-likeness (QED) is 0.596. The fraction of sp³-hybridized carbons (Fsp3) is 0.500. The molecule has 6 heteroatoms. The van der Waals surface area contributed by atoms with Crippen LogP contribution in [0.2, 0.25) is 0 Å². The van der Waals surface area contributed by atoms with Crippen molar-refractivity contribution in [1.82, 2.24) is 0 Å². The van der Waals surface area contributed by atoms with Gasteiger partial charge in [-0.1, -0.05) is 13.8 Å². The Bertz CT molecular complexity index is 500. The Morgan fingerprint density at radius 3 is 2.56 bits per heavy atom. The Hall–Kier alpha value is -0.810. The summed E-state index contributed by atoms with van der Waals surface area (Å²) >= 11 is 0. The highest BCUT2D eigenvalue weighted by Crippen LogP contribution is 2.30. The van der Waals surface area contributed by atoms with Crippen molar-refractivity contribution in [2.75, 3.05) is 13.3 Å². The van der Waals surface area contributed by atoms with Crippen LogP contribution in [0.1, 0.15) is 31.7 Å². The SMILES string of the molecule is CC(C)c1cc(S(=O)(=O)Cl)ccc1OCCCF. The van der Waals surface area contributed by atoms with E-state index < -0.39 is 15.7 Å². The molecule has 0 radical (unpaired) electrons. The van der Waals surface area contributed by atoms with Crippen molar-refractivity contribution in [2.45, 2.75) is 31.1 Å². The standard InChI is InChI=1S/C12H16ClFO3S/c1-9(2)11-8-10(18(13,15)16)4-5-12(11)17-7-3-6-14/h4-5,8-9H,3,6-7H2,1-2H3. The zero-order chi connectivity index (χ0) is 13.8. The number of hydrogen-bond donors (Lipinski definition) is 0. The van der Waals surface area contributed by atoms with Crippen LogP contribution in [0.15, 0.2) is 23.1 Å². The highest BCUT2D eigenvalue weighted by atomic mass is 35.7. The van der Waals surface area contributed by atoms with Gasteiger partial charge in [0.05, 0.1) is 18.2 Å². The molecule has 0 unspecified atom stereocenters. The van der Waals surface area contributed by atoms with Crippen LogP contribution >= 0.6 is 10.7 Å². The second-order valence-electron chi connectivity index (χ2n) is 4.18. The molecule has 0 saturated carbocycles. The summed E-state index contributed by atoms with van der Waals surface area (Å²) in [7, 11) is 1.55. The second kappa shape index (κ2) is 6.38. The molecule has 1 rings (SSSR count). The maximum Gasteiger partial charge on any atom is 0.261 e. The molecule has 1 aromatic rings. The maximum atomic E-state index is 12.0. The third kappa shape index (κ3) is 4.14. The van der Waals surface area contributed by atoms with Gasteiger partial charge in [0.15, 0.2) is 0 Å². The lowest BCUT2D eigenvalue weighted by atomic mass is 10.0. The van der Waals surface area contributed by atoms with E-state index in [1.165, 1.54) is 12.1 Å². The lowest BCUT2D eigenvalue weighted by Gasteiger charge is -2.14. The number of rotatable bonds is 6. The fourth-order valence-electron chi connectivity index (χ4n) is 1.50. The molecule has 0 aliphatic rings. The van der Waals surface area contributed by atoms with Crippen LogP contribution in [0.4, 0.5) is 4.39 Å². The molecule has 3 nitrogen and oxygen atoms in total. The molecule has 0 aliphatic carbocycles. The predicted octanol–water partition coefficient (Wildman–Crippen LogP) is 3.48. The Morgan fingerprint density at radius 2 is 2.06 bits per heavy atom. The first kappa shape index (κ1) is 15.2. The molecular formula is C12H16ClFO3S. The van der Waals surface area contributed by atoms with Crippen LogP contribution in [0, 0.1) is 0 Å². The zero-order valence-electron chi connectivity index (χ0n) is 10.3. The highest BCUT2D eigenvalue weighted by Gasteiger charge is 2.15. The van der Waals surface area contributed by atoms with E-state index in [0.29, 0.717) is 12.2 Å². The Morgan fingerprint density at radius 1 is 1.39 bits per heavy atom. The van der Waals surface area contributed by atoms with Gasteiger partial charge in [-0.25, -0.2) is 8.42 Å². The smallest absolute Gasteiger partial charge is 0.261 e. The number of alkyl halides is 1. The molecule has 1 aromatic carbocycles. The van der Waals surface area contributed by atoms with Crippen LogP contribution in [0.25, 0.3) is 0 Å². The van der Waals surface area contributed by atoms with Gasteiger partial charge in [-0.2, -0.15) is 0 Å². The van der Waals surface area contributed by atoms with Gasteiger partial charge in [0, 0.05) is 17.1 Å². The average Bonchev–Trinajstić information content (AvgIpc) is 2.28. The molecule has 18 heavy (non-hydrogen) atoms. The zero-order valence-corrected chi connectivity index (χ0v) is 11.9. The van der Waals surface area contributed by atoms with E-state index in [0.717, 1.165) is 5.56 Å². The number of benzene rings is 1. The van der Waals surface area contributed by atoms with Gasteiger partial charge in [-0.15, -0.1) is 0 Å². The summed E-state index contributed by atoms with van der Waals surface area (Å²) < 4.78 is 39.9. The summed E-state index contributed by atoms with van der Waals surface area (Å²) in [6.07, 6.45) is 0.313. The van der Waals surface area contributed by atoms with Crippen LogP contribution in [0.3, 0.4) is 0 Å². The molecule has 102 valence electrons. The van der Waals surface area contributed by atoms with Gasteiger partial charge in [0.25, 0.3) is 9.05 Å². The van der Waals surface area contributed by atoms with E-state index in [1.54, 1.807) is 6.07 Å². The molecule has 0 aliphatic heterocycles. The third-order valence-electron chi connectivity index (χ3n) is 2.42. The number of hydrogen-bond acceptors (Lipinski definition) is 3. The van der Waals surface area contributed by atoms with Crippen LogP contribution in [-0.2, 0) is 9.05 Å². The minimum absolute atomic E-state index is 0.0470. The maximum absolute atomic E-state index is 12.0. The average molecular weight is 295 g/mol. The van der Waals surface area contributed by atoms with Crippen molar-refractivity contribution < 1.29 is 17.5 Å². The fourth-order valence-corrected chi connectivity index (χ4v) is 2.28. The first-order valence-corrected chi connectivity index (χ1v) is 7.94. The van der Waals surface area contributed by atoms with Crippen molar-refractivity contribution >= 4 is 19.7 Å². The summed E-state index contributed by atoms with van der Waals surface area (Å²) in [5.74, 6) is 0.659. The van der Waals surface area contributed by atoms with Crippen molar-refractivity contribution in [3.63, 3.8) is 0 Å². The topological polar surface area (TPSA) is 43.4 Å². The summed E-state index contributed by atoms with van der Waals surface area (Å²) in [6, 6.07) is 4.44. The van der Waals surface area contributed by atoms with Gasteiger partial charge in [-0.05, 0) is 29.7 Å². The van der Waals surface area contributed by atoms with Gasteiger partial charge >= 0.3 is 0 Å². The molecular weight excluding hydrogens is 279 g/mol. The molecule has 0 bridgehead atoms. The molecule has 0 spiro atoms. The molecule has 0 aromatic heterocycles.